The normalized spacial score (nSPS) is 18.9. The molecule has 114 valence electrons. The minimum Gasteiger partial charge on any atom is -0.352 e. The number of benzene rings is 1. The molecule has 1 aliphatic carbocycles. The topological polar surface area (TPSA) is 58.2 Å². The molecule has 1 aromatic rings. The Morgan fingerprint density at radius 2 is 1.90 bits per heavy atom. The fraction of sp³-hybridized carbons (Fsp3) is 0.467. The average Bonchev–Trinajstić information content (AvgIpc) is 3.07. The SMILES string of the molecule is CCCC(=O)Nc1ccc(CNC(=O)C2CC2(Cl)Cl)cc1. The molecule has 4 nitrogen and oxygen atoms in total. The van der Waals surface area contributed by atoms with E-state index in [0.29, 0.717) is 19.4 Å². The van der Waals surface area contributed by atoms with Crippen molar-refractivity contribution in [3.8, 4) is 0 Å². The maximum Gasteiger partial charge on any atom is 0.226 e. The van der Waals surface area contributed by atoms with Crippen LogP contribution in [0.1, 0.15) is 31.7 Å². The molecule has 0 radical (unpaired) electrons. The summed E-state index contributed by atoms with van der Waals surface area (Å²) in [6.45, 7) is 2.38. The number of rotatable bonds is 6. The zero-order chi connectivity index (χ0) is 15.5. The summed E-state index contributed by atoms with van der Waals surface area (Å²) < 4.78 is -0.891. The second kappa shape index (κ2) is 6.67. The Labute approximate surface area is 134 Å². The van der Waals surface area contributed by atoms with E-state index in [4.69, 9.17) is 23.2 Å². The van der Waals surface area contributed by atoms with E-state index >= 15 is 0 Å². The largest absolute Gasteiger partial charge is 0.352 e. The molecule has 0 bridgehead atoms. The maximum absolute atomic E-state index is 11.7. The Morgan fingerprint density at radius 1 is 1.29 bits per heavy atom. The molecule has 6 heteroatoms. The molecule has 0 spiro atoms. The molecule has 2 amide bonds. The second-order valence-electron chi connectivity index (χ2n) is 5.23. The van der Waals surface area contributed by atoms with Gasteiger partial charge in [-0.3, -0.25) is 9.59 Å². The molecule has 2 N–H and O–H groups in total. The molecule has 1 aliphatic rings. The first-order chi connectivity index (χ1) is 9.92. The Hall–Kier alpha value is -1.26. The van der Waals surface area contributed by atoms with Crippen LogP contribution in [0.2, 0.25) is 0 Å². The van der Waals surface area contributed by atoms with Gasteiger partial charge in [0.1, 0.15) is 4.33 Å². The molecule has 0 heterocycles. The van der Waals surface area contributed by atoms with Crippen molar-refractivity contribution in [2.24, 2.45) is 5.92 Å². The van der Waals surface area contributed by atoms with Gasteiger partial charge in [-0.1, -0.05) is 19.1 Å². The lowest BCUT2D eigenvalue weighted by Gasteiger charge is -2.07. The van der Waals surface area contributed by atoms with Crippen LogP contribution in [0.15, 0.2) is 24.3 Å². The van der Waals surface area contributed by atoms with Gasteiger partial charge in [0.15, 0.2) is 0 Å². The molecule has 1 unspecified atom stereocenters. The molecule has 2 rings (SSSR count). The van der Waals surface area contributed by atoms with Gasteiger partial charge < -0.3 is 10.6 Å². The maximum atomic E-state index is 11.7. The molecule has 1 atom stereocenters. The third kappa shape index (κ3) is 4.61. The highest BCUT2D eigenvalue weighted by Crippen LogP contribution is 2.53. The smallest absolute Gasteiger partial charge is 0.226 e. The summed E-state index contributed by atoms with van der Waals surface area (Å²) in [4.78, 5) is 23.2. The monoisotopic (exact) mass is 328 g/mol. The van der Waals surface area contributed by atoms with E-state index in [9.17, 15) is 9.59 Å². The molecule has 0 aromatic heterocycles. The first kappa shape index (κ1) is 16.1. The second-order valence-corrected chi connectivity index (χ2v) is 6.77. The van der Waals surface area contributed by atoms with E-state index in [0.717, 1.165) is 17.7 Å². The van der Waals surface area contributed by atoms with Crippen LogP contribution in [0.3, 0.4) is 0 Å². The quantitative estimate of drug-likeness (QED) is 0.787. The van der Waals surface area contributed by atoms with Crippen LogP contribution in [0.25, 0.3) is 0 Å². The summed E-state index contributed by atoms with van der Waals surface area (Å²) in [6, 6.07) is 7.37. The molecule has 1 fully saturated rings. The molecule has 1 saturated carbocycles. The van der Waals surface area contributed by atoms with Gasteiger partial charge in [0.25, 0.3) is 0 Å². The van der Waals surface area contributed by atoms with Crippen LogP contribution in [-0.4, -0.2) is 16.1 Å². The lowest BCUT2D eigenvalue weighted by atomic mass is 10.2. The predicted molar refractivity (Wildman–Crippen MR) is 84.4 cm³/mol. The van der Waals surface area contributed by atoms with E-state index in [2.05, 4.69) is 10.6 Å². The third-order valence-electron chi connectivity index (χ3n) is 3.32. The van der Waals surface area contributed by atoms with Crippen molar-refractivity contribution < 1.29 is 9.59 Å². The van der Waals surface area contributed by atoms with Gasteiger partial charge in [0, 0.05) is 18.7 Å². The fourth-order valence-electron chi connectivity index (χ4n) is 1.97. The Kier molecular flexibility index (Phi) is 5.12. The first-order valence-corrected chi connectivity index (χ1v) is 7.72. The van der Waals surface area contributed by atoms with E-state index in [-0.39, 0.29) is 17.7 Å². The number of alkyl halides is 2. The highest BCUT2D eigenvalue weighted by atomic mass is 35.5. The van der Waals surface area contributed by atoms with Crippen LogP contribution in [0, 0.1) is 5.92 Å². The zero-order valence-corrected chi connectivity index (χ0v) is 13.3. The van der Waals surface area contributed by atoms with E-state index in [1.165, 1.54) is 0 Å². The van der Waals surface area contributed by atoms with Gasteiger partial charge in [-0.2, -0.15) is 0 Å². The molecule has 1 aromatic carbocycles. The van der Waals surface area contributed by atoms with Crippen LogP contribution in [0.5, 0.6) is 0 Å². The standard InChI is InChI=1S/C15H18Cl2N2O2/c1-2-3-13(20)19-11-6-4-10(5-7-11)9-18-14(21)12-8-15(12,16)17/h4-7,12H,2-3,8-9H2,1H3,(H,18,21)(H,19,20). The summed E-state index contributed by atoms with van der Waals surface area (Å²) in [5.41, 5.74) is 1.71. The molecular formula is C15H18Cl2N2O2. The van der Waals surface area contributed by atoms with Crippen molar-refractivity contribution in [1.82, 2.24) is 5.32 Å². The number of carbonyl (C=O) groups is 2. The number of anilines is 1. The highest BCUT2D eigenvalue weighted by Gasteiger charge is 2.56. The summed E-state index contributed by atoms with van der Waals surface area (Å²) in [5, 5.41) is 5.61. The first-order valence-electron chi connectivity index (χ1n) is 6.96. The summed E-state index contributed by atoms with van der Waals surface area (Å²) in [7, 11) is 0. The Bertz CT molecular complexity index is 529. The van der Waals surface area contributed by atoms with Crippen molar-refractivity contribution in [2.75, 3.05) is 5.32 Å². The van der Waals surface area contributed by atoms with Gasteiger partial charge in [-0.25, -0.2) is 0 Å². The van der Waals surface area contributed by atoms with Crippen molar-refractivity contribution in [3.63, 3.8) is 0 Å². The zero-order valence-electron chi connectivity index (χ0n) is 11.8. The lowest BCUT2D eigenvalue weighted by Crippen LogP contribution is -2.26. The minimum atomic E-state index is -0.891. The van der Waals surface area contributed by atoms with Crippen molar-refractivity contribution in [3.05, 3.63) is 29.8 Å². The number of carbonyl (C=O) groups excluding carboxylic acids is 2. The summed E-state index contributed by atoms with van der Waals surface area (Å²) in [6.07, 6.45) is 1.84. The number of nitrogens with one attached hydrogen (secondary N) is 2. The van der Waals surface area contributed by atoms with Gasteiger partial charge >= 0.3 is 0 Å². The predicted octanol–water partition coefficient (Wildman–Crippen LogP) is 3.24. The van der Waals surface area contributed by atoms with E-state index in [1.54, 1.807) is 0 Å². The molecule has 0 saturated heterocycles. The van der Waals surface area contributed by atoms with Gasteiger partial charge in [0.05, 0.1) is 5.92 Å². The van der Waals surface area contributed by atoms with E-state index < -0.39 is 4.33 Å². The molecular weight excluding hydrogens is 311 g/mol. The van der Waals surface area contributed by atoms with Crippen LogP contribution in [0.4, 0.5) is 5.69 Å². The van der Waals surface area contributed by atoms with Gasteiger partial charge in [-0.15, -0.1) is 23.2 Å². The molecule has 0 aliphatic heterocycles. The number of hydrogen-bond donors (Lipinski definition) is 2. The van der Waals surface area contributed by atoms with Gasteiger partial charge in [0.2, 0.25) is 11.8 Å². The third-order valence-corrected chi connectivity index (χ3v) is 4.16. The fourth-order valence-corrected chi connectivity index (χ4v) is 2.47. The van der Waals surface area contributed by atoms with Crippen molar-refractivity contribution >= 4 is 40.7 Å². The van der Waals surface area contributed by atoms with E-state index in [1.807, 2.05) is 31.2 Å². The lowest BCUT2D eigenvalue weighted by molar-refractivity contribution is -0.122. The van der Waals surface area contributed by atoms with Crippen molar-refractivity contribution in [1.29, 1.82) is 0 Å². The highest BCUT2D eigenvalue weighted by molar-refractivity contribution is 6.52. The molecule has 21 heavy (non-hydrogen) atoms. The minimum absolute atomic E-state index is 0.00727. The number of halogens is 2. The average molecular weight is 329 g/mol. The Morgan fingerprint density at radius 3 is 2.43 bits per heavy atom. The van der Waals surface area contributed by atoms with Crippen LogP contribution >= 0.6 is 23.2 Å². The van der Waals surface area contributed by atoms with Crippen LogP contribution < -0.4 is 10.6 Å². The summed E-state index contributed by atoms with van der Waals surface area (Å²) >= 11 is 11.7. The summed E-state index contributed by atoms with van der Waals surface area (Å²) in [5.74, 6) is -0.429. The Balaban J connectivity index is 1.80. The number of hydrogen-bond acceptors (Lipinski definition) is 2. The van der Waals surface area contributed by atoms with Gasteiger partial charge in [-0.05, 0) is 30.5 Å². The van der Waals surface area contributed by atoms with Crippen LogP contribution in [-0.2, 0) is 16.1 Å². The van der Waals surface area contributed by atoms with Crippen molar-refractivity contribution in [2.45, 2.75) is 37.1 Å². The number of amides is 2.